The number of carbonyl (C=O) groups is 1. The lowest BCUT2D eigenvalue weighted by Crippen LogP contribution is -2.36. The largest absolute Gasteiger partial charge is 0.346 e. The van der Waals surface area contributed by atoms with E-state index in [-0.39, 0.29) is 64.7 Å². The molecule has 2 aliphatic carbocycles. The number of nitrogens with one attached hydrogen (secondary N) is 3. The first kappa shape index (κ1) is 43.7. The average Bonchev–Trinajstić information content (AvgIpc) is 3.85. The fraction of sp³-hybridized carbons (Fsp3) is 0.317. The van der Waals surface area contributed by atoms with Gasteiger partial charge in [-0.25, -0.2) is 39.4 Å². The average molecular weight is 942 g/mol. The molecule has 0 bridgehead atoms. The first-order chi connectivity index (χ1) is 30.6. The molecule has 340 valence electrons. The summed E-state index contributed by atoms with van der Waals surface area (Å²) in [7, 11) is -4.48. The second-order valence-corrected chi connectivity index (χ2v) is 19.7. The first-order valence-electron chi connectivity index (χ1n) is 19.8. The molecule has 0 saturated heterocycles. The van der Waals surface area contributed by atoms with Gasteiger partial charge in [-0.15, -0.1) is 0 Å². The van der Waals surface area contributed by atoms with Gasteiger partial charge in [-0.2, -0.15) is 24.1 Å². The highest BCUT2D eigenvalue weighted by Gasteiger charge is 2.62. The van der Waals surface area contributed by atoms with E-state index in [9.17, 15) is 39.2 Å². The summed E-state index contributed by atoms with van der Waals surface area (Å²) in [5.74, 6) is -8.49. The summed E-state index contributed by atoms with van der Waals surface area (Å²) in [6.07, 6.45) is 0.0459. The summed E-state index contributed by atoms with van der Waals surface area (Å²) >= 11 is 0. The molecular formula is C41H37F6N11O5S2. The van der Waals surface area contributed by atoms with E-state index >= 15 is 8.78 Å². The summed E-state index contributed by atoms with van der Waals surface area (Å²) in [6, 6.07) is 11.0. The van der Waals surface area contributed by atoms with Crippen molar-refractivity contribution >= 4 is 59.4 Å². The van der Waals surface area contributed by atoms with Gasteiger partial charge in [-0.3, -0.25) is 33.3 Å². The molecule has 0 spiro atoms. The van der Waals surface area contributed by atoms with Crippen LogP contribution >= 0.6 is 0 Å². The van der Waals surface area contributed by atoms with Crippen LogP contribution in [0.5, 0.6) is 0 Å². The fourth-order valence-electron chi connectivity index (χ4n) is 9.05. The van der Waals surface area contributed by atoms with Crippen LogP contribution in [0.2, 0.25) is 0 Å². The topological polar surface area (TPSA) is 201 Å². The molecule has 4 aromatic heterocycles. The van der Waals surface area contributed by atoms with Gasteiger partial charge in [-0.05, 0) is 55.0 Å². The molecule has 16 nitrogen and oxygen atoms in total. The Morgan fingerprint density at radius 3 is 1.97 bits per heavy atom. The molecule has 3 aromatic carbocycles. The molecule has 1 saturated carbocycles. The van der Waals surface area contributed by atoms with Gasteiger partial charge in [0.25, 0.3) is 12.3 Å². The number of hydrogen-bond donors (Lipinski definition) is 3. The highest BCUT2D eigenvalue weighted by atomic mass is 32.2. The lowest BCUT2D eigenvalue weighted by molar-refractivity contribution is -0.123. The van der Waals surface area contributed by atoms with E-state index < -0.39 is 85.7 Å². The van der Waals surface area contributed by atoms with Crippen molar-refractivity contribution in [3.05, 3.63) is 101 Å². The van der Waals surface area contributed by atoms with Gasteiger partial charge in [0.05, 0.1) is 52.9 Å². The molecule has 24 heteroatoms. The van der Waals surface area contributed by atoms with Crippen LogP contribution in [0.4, 0.5) is 38.0 Å². The minimum absolute atomic E-state index is 0.0247. The Bertz CT molecular complexity index is 3320. The number of aryl methyl sites for hydroxylation is 2. The summed E-state index contributed by atoms with van der Waals surface area (Å²) in [5, 5.41) is 16.0. The zero-order valence-electron chi connectivity index (χ0n) is 34.6. The quantitative estimate of drug-likeness (QED) is 0.108. The highest BCUT2D eigenvalue weighted by molar-refractivity contribution is 7.92. The second kappa shape index (κ2) is 15.6. The number of benzene rings is 3. The van der Waals surface area contributed by atoms with Crippen LogP contribution in [0.25, 0.3) is 44.3 Å². The van der Waals surface area contributed by atoms with Gasteiger partial charge in [-0.1, -0.05) is 24.3 Å². The lowest BCUT2D eigenvalue weighted by atomic mass is 9.73. The fourth-order valence-corrected chi connectivity index (χ4v) is 10.1. The second-order valence-electron chi connectivity index (χ2n) is 16.2. The van der Waals surface area contributed by atoms with Crippen molar-refractivity contribution in [1.29, 1.82) is 0 Å². The Hall–Kier alpha value is -6.56. The third-order valence-electron chi connectivity index (χ3n) is 11.6. The minimum atomic E-state index is -3.84. The van der Waals surface area contributed by atoms with E-state index in [1.165, 1.54) is 22.6 Å². The summed E-state index contributed by atoms with van der Waals surface area (Å²) < 4.78 is 147. The van der Waals surface area contributed by atoms with E-state index in [1.807, 2.05) is 0 Å². The number of para-hydroxylation sites is 2. The van der Waals surface area contributed by atoms with Crippen LogP contribution in [0, 0.1) is 17.6 Å². The van der Waals surface area contributed by atoms with Gasteiger partial charge in [0, 0.05) is 53.5 Å². The van der Waals surface area contributed by atoms with Gasteiger partial charge in [0.1, 0.15) is 29.6 Å². The van der Waals surface area contributed by atoms with Crippen molar-refractivity contribution in [2.45, 2.75) is 50.1 Å². The number of anilines is 2. The monoisotopic (exact) mass is 941 g/mol. The Balaban J connectivity index is 1.22. The number of halogens is 6. The normalized spacial score (nSPS) is 17.3. The Morgan fingerprint density at radius 1 is 0.831 bits per heavy atom. The predicted octanol–water partition coefficient (Wildman–Crippen LogP) is 6.44. The molecule has 1 amide bonds. The number of amides is 1. The molecular weight excluding hydrogens is 905 g/mol. The molecule has 3 N–H and O–H groups in total. The van der Waals surface area contributed by atoms with Crippen molar-refractivity contribution in [3.8, 4) is 22.5 Å². The van der Waals surface area contributed by atoms with Crippen molar-refractivity contribution in [3.63, 3.8) is 0 Å². The summed E-state index contributed by atoms with van der Waals surface area (Å²) in [5.41, 5.74) is -0.234. The molecule has 0 unspecified atom stereocenters. The maximum absolute atomic E-state index is 15.8. The summed E-state index contributed by atoms with van der Waals surface area (Å²) in [6.45, 7) is -0.941. The maximum atomic E-state index is 15.8. The zero-order valence-corrected chi connectivity index (χ0v) is 36.2. The van der Waals surface area contributed by atoms with E-state index in [0.29, 0.717) is 38.1 Å². The number of nitrogens with zero attached hydrogens (tertiary/aromatic N) is 8. The molecule has 1 fully saturated rings. The van der Waals surface area contributed by atoms with Crippen LogP contribution in [0.15, 0.2) is 60.8 Å². The molecule has 0 radical (unpaired) electrons. The van der Waals surface area contributed by atoms with E-state index in [0.717, 1.165) is 24.6 Å². The Labute approximate surface area is 366 Å². The Morgan fingerprint density at radius 2 is 1.42 bits per heavy atom. The Kier molecular flexibility index (Phi) is 10.5. The molecule has 0 aliphatic heterocycles. The van der Waals surface area contributed by atoms with Crippen LogP contribution in [0.1, 0.15) is 59.4 Å². The SMILES string of the molecule is Cn1nc(NS(C)(=O)=O)c2cccc(-c3cnc([C@H](Cc4cc(F)cc(F)c4)NC(=O)Cn4nc(C(F)F)c5c4C(F)(F)[C@@H]4CC[C@H]54)c(-c4cccc5c(NS(C)(=O)=O)nn(C)c45)n3)c21. The third-order valence-corrected chi connectivity index (χ3v) is 12.7. The summed E-state index contributed by atoms with van der Waals surface area (Å²) in [4.78, 5) is 24.0. The van der Waals surface area contributed by atoms with Crippen molar-refractivity contribution in [2.24, 2.45) is 20.0 Å². The van der Waals surface area contributed by atoms with Gasteiger partial charge in [0.2, 0.25) is 26.0 Å². The van der Waals surface area contributed by atoms with Gasteiger partial charge < -0.3 is 5.32 Å². The smallest absolute Gasteiger partial charge is 0.293 e. The minimum Gasteiger partial charge on any atom is -0.346 e. The molecule has 4 heterocycles. The number of hydrogen-bond acceptors (Lipinski definition) is 10. The van der Waals surface area contributed by atoms with Crippen molar-refractivity contribution in [1.82, 2.24) is 44.6 Å². The number of alkyl halides is 4. The number of sulfonamides is 2. The number of carbonyl (C=O) groups excluding carboxylic acids is 1. The standard InChI is InChI=1S/C41H37F6N11O5S2/c1-56-35-23(7-5-9-25(35)39(52-56)54-64(3,60)61)29-17-48-33(32(50-29)24-8-6-10-26-36(24)57(2)53-40(26)55-65(4,62)63)28(15-19-13-20(42)16-21(43)14-19)49-30(59)18-58-37-31(34(51-58)38(44)45)22-11-12-27(22)41(37,46)47/h5-10,13-14,16-17,22,27-28,38H,11-12,15,18H2,1-4H3,(H,49,59)(H,52,54)(H,53,55)/t22-,27+,28-/m0/s1. The number of aromatic nitrogens is 8. The van der Waals surface area contributed by atoms with E-state index in [1.54, 1.807) is 43.4 Å². The molecule has 2 aliphatic rings. The van der Waals surface area contributed by atoms with Gasteiger partial charge >= 0.3 is 0 Å². The lowest BCUT2D eigenvalue weighted by Gasteiger charge is -2.34. The maximum Gasteiger partial charge on any atom is 0.293 e. The first-order valence-corrected chi connectivity index (χ1v) is 23.6. The molecule has 65 heavy (non-hydrogen) atoms. The molecule has 9 rings (SSSR count). The van der Waals surface area contributed by atoms with Crippen molar-refractivity contribution in [2.75, 3.05) is 22.0 Å². The molecule has 7 aromatic rings. The zero-order chi connectivity index (χ0) is 46.5. The molecule has 3 atom stereocenters. The van der Waals surface area contributed by atoms with E-state index in [2.05, 4.69) is 30.1 Å². The van der Waals surface area contributed by atoms with Gasteiger partial charge in [0.15, 0.2) is 11.6 Å². The van der Waals surface area contributed by atoms with Crippen LogP contribution in [0.3, 0.4) is 0 Å². The predicted molar refractivity (Wildman–Crippen MR) is 226 cm³/mol. The van der Waals surface area contributed by atoms with E-state index in [4.69, 9.17) is 9.97 Å². The van der Waals surface area contributed by atoms with Crippen LogP contribution in [-0.2, 0) is 57.8 Å². The van der Waals surface area contributed by atoms with Crippen molar-refractivity contribution < 1.29 is 48.0 Å². The third kappa shape index (κ3) is 7.91. The number of rotatable bonds is 13. The number of fused-ring (bicyclic) bond motifs is 5. The van der Waals surface area contributed by atoms with Crippen LogP contribution < -0.4 is 14.8 Å². The van der Waals surface area contributed by atoms with Crippen LogP contribution in [-0.4, -0.2) is 74.6 Å². The highest BCUT2D eigenvalue weighted by Crippen LogP contribution is 2.63.